The van der Waals surface area contributed by atoms with Crippen molar-refractivity contribution in [1.82, 2.24) is 5.32 Å². The van der Waals surface area contributed by atoms with E-state index in [2.05, 4.69) is 21.2 Å². The average molecular weight is 394 g/mol. The molecule has 0 bridgehead atoms. The Balaban J connectivity index is 1.82. The highest BCUT2D eigenvalue weighted by Gasteiger charge is 2.15. The summed E-state index contributed by atoms with van der Waals surface area (Å²) in [6.07, 6.45) is 0.0457. The molecule has 0 aromatic heterocycles. The van der Waals surface area contributed by atoms with Crippen molar-refractivity contribution in [2.45, 2.75) is 6.42 Å². The molecule has 0 aliphatic rings. The quantitative estimate of drug-likeness (QED) is 0.792. The number of carbonyl (C=O) groups excluding carboxylic acids is 3. The number of imide groups is 1. The largest absolute Gasteiger partial charge is 0.452 e. The molecule has 2 aromatic rings. The number of amides is 2. The van der Waals surface area contributed by atoms with Gasteiger partial charge in [-0.1, -0.05) is 30.3 Å². The van der Waals surface area contributed by atoms with Crippen LogP contribution in [0.3, 0.4) is 0 Å². The van der Waals surface area contributed by atoms with Crippen molar-refractivity contribution in [3.05, 3.63) is 69.9 Å². The molecule has 0 aliphatic carbocycles. The van der Waals surface area contributed by atoms with E-state index in [1.807, 2.05) is 6.07 Å². The number of halogens is 2. The second-order valence-electron chi connectivity index (χ2n) is 4.83. The van der Waals surface area contributed by atoms with Gasteiger partial charge in [0.25, 0.3) is 5.91 Å². The molecule has 24 heavy (non-hydrogen) atoms. The maximum Gasteiger partial charge on any atom is 0.339 e. The molecule has 5 nitrogen and oxygen atoms in total. The van der Waals surface area contributed by atoms with Gasteiger partial charge in [-0.25, -0.2) is 9.18 Å². The lowest BCUT2D eigenvalue weighted by atomic mass is 10.1. The third-order valence-electron chi connectivity index (χ3n) is 2.97. The van der Waals surface area contributed by atoms with E-state index >= 15 is 0 Å². The number of ether oxygens (including phenoxy) is 1. The lowest BCUT2D eigenvalue weighted by molar-refractivity contribution is -0.132. The Morgan fingerprint density at radius 1 is 1.04 bits per heavy atom. The summed E-state index contributed by atoms with van der Waals surface area (Å²) in [7, 11) is 0. The first-order valence-electron chi connectivity index (χ1n) is 6.94. The minimum Gasteiger partial charge on any atom is -0.452 e. The fourth-order valence-corrected chi connectivity index (χ4v) is 2.39. The Kier molecular flexibility index (Phi) is 6.20. The summed E-state index contributed by atoms with van der Waals surface area (Å²) in [5, 5.41) is 2.13. The first kappa shape index (κ1) is 17.8. The van der Waals surface area contributed by atoms with Crippen LogP contribution in [0.1, 0.15) is 15.9 Å². The zero-order chi connectivity index (χ0) is 17.5. The number of benzene rings is 2. The molecule has 2 aromatic carbocycles. The van der Waals surface area contributed by atoms with Crippen molar-refractivity contribution < 1.29 is 23.5 Å². The fourth-order valence-electron chi connectivity index (χ4n) is 1.88. The normalized spacial score (nSPS) is 10.1. The van der Waals surface area contributed by atoms with E-state index in [0.717, 1.165) is 17.7 Å². The van der Waals surface area contributed by atoms with Crippen LogP contribution in [0.4, 0.5) is 4.39 Å². The van der Waals surface area contributed by atoms with Crippen LogP contribution >= 0.6 is 15.9 Å². The predicted octanol–water partition coefficient (Wildman–Crippen LogP) is 2.63. The summed E-state index contributed by atoms with van der Waals surface area (Å²) < 4.78 is 18.0. The maximum absolute atomic E-state index is 13.0. The van der Waals surface area contributed by atoms with Crippen molar-refractivity contribution in [2.24, 2.45) is 0 Å². The molecule has 2 amide bonds. The Morgan fingerprint density at radius 3 is 2.42 bits per heavy atom. The fraction of sp³-hybridized carbons (Fsp3) is 0.118. The van der Waals surface area contributed by atoms with E-state index in [-0.39, 0.29) is 16.5 Å². The summed E-state index contributed by atoms with van der Waals surface area (Å²) in [4.78, 5) is 35.2. The molecule has 1 N–H and O–H groups in total. The highest BCUT2D eigenvalue weighted by atomic mass is 79.9. The smallest absolute Gasteiger partial charge is 0.339 e. The van der Waals surface area contributed by atoms with E-state index in [4.69, 9.17) is 4.74 Å². The van der Waals surface area contributed by atoms with Gasteiger partial charge in [0.05, 0.1) is 12.0 Å². The van der Waals surface area contributed by atoms with Gasteiger partial charge in [0.15, 0.2) is 6.61 Å². The third kappa shape index (κ3) is 5.27. The molecule has 0 unspecified atom stereocenters. The average Bonchev–Trinajstić information content (AvgIpc) is 2.53. The van der Waals surface area contributed by atoms with Gasteiger partial charge >= 0.3 is 5.97 Å². The molecule has 0 heterocycles. The van der Waals surface area contributed by atoms with Gasteiger partial charge in [-0.15, -0.1) is 0 Å². The molecular formula is C17H13BrFNO4. The van der Waals surface area contributed by atoms with Crippen LogP contribution in [0.15, 0.2) is 53.0 Å². The van der Waals surface area contributed by atoms with Crippen molar-refractivity contribution in [3.63, 3.8) is 0 Å². The van der Waals surface area contributed by atoms with Gasteiger partial charge in [0, 0.05) is 4.47 Å². The van der Waals surface area contributed by atoms with Crippen molar-refractivity contribution in [1.29, 1.82) is 0 Å². The second kappa shape index (κ2) is 8.35. The maximum atomic E-state index is 13.0. The Labute approximate surface area is 145 Å². The third-order valence-corrected chi connectivity index (χ3v) is 3.63. The van der Waals surface area contributed by atoms with E-state index in [0.29, 0.717) is 0 Å². The highest BCUT2D eigenvalue weighted by Crippen LogP contribution is 2.18. The van der Waals surface area contributed by atoms with Crippen LogP contribution in [0.5, 0.6) is 0 Å². The molecule has 0 saturated carbocycles. The van der Waals surface area contributed by atoms with E-state index in [1.165, 1.54) is 6.07 Å². The first-order chi connectivity index (χ1) is 11.5. The van der Waals surface area contributed by atoms with E-state index in [1.54, 1.807) is 24.3 Å². The Morgan fingerprint density at radius 2 is 1.75 bits per heavy atom. The predicted molar refractivity (Wildman–Crippen MR) is 87.7 cm³/mol. The number of carbonyl (C=O) groups is 3. The number of hydrogen-bond acceptors (Lipinski definition) is 4. The van der Waals surface area contributed by atoms with Gasteiger partial charge in [0.1, 0.15) is 5.82 Å². The highest BCUT2D eigenvalue weighted by molar-refractivity contribution is 9.10. The van der Waals surface area contributed by atoms with Crippen LogP contribution in [0, 0.1) is 5.82 Å². The Bertz CT molecular complexity index is 764. The molecule has 0 fully saturated rings. The van der Waals surface area contributed by atoms with Crippen LogP contribution in [-0.2, 0) is 20.7 Å². The standard InChI is InChI=1S/C17H13BrFNO4/c18-14-9-12(19)6-7-13(14)17(23)24-10-16(22)20-15(21)8-11-4-2-1-3-5-11/h1-7,9H,8,10H2,(H,20,21,22). The zero-order valence-corrected chi connectivity index (χ0v) is 14.0. The van der Waals surface area contributed by atoms with Gasteiger partial charge in [-0.05, 0) is 39.7 Å². The van der Waals surface area contributed by atoms with Crippen LogP contribution in [0.2, 0.25) is 0 Å². The summed E-state index contributed by atoms with van der Waals surface area (Å²) in [5.41, 5.74) is 0.842. The number of nitrogens with one attached hydrogen (secondary N) is 1. The van der Waals surface area contributed by atoms with Crippen LogP contribution in [0.25, 0.3) is 0 Å². The molecule has 0 atom stereocenters. The summed E-state index contributed by atoms with van der Waals surface area (Å²) in [6, 6.07) is 12.4. The SMILES string of the molecule is O=C(COC(=O)c1ccc(F)cc1Br)NC(=O)Cc1ccccc1. The minimum atomic E-state index is -0.799. The van der Waals surface area contributed by atoms with Crippen molar-refractivity contribution in [2.75, 3.05) is 6.61 Å². The zero-order valence-electron chi connectivity index (χ0n) is 12.4. The summed E-state index contributed by atoms with van der Waals surface area (Å²) in [6.45, 7) is -0.608. The number of hydrogen-bond donors (Lipinski definition) is 1. The summed E-state index contributed by atoms with van der Waals surface area (Å²) in [5.74, 6) is -2.54. The van der Waals surface area contributed by atoms with Gasteiger partial charge in [-0.2, -0.15) is 0 Å². The monoisotopic (exact) mass is 393 g/mol. The van der Waals surface area contributed by atoms with Crippen molar-refractivity contribution in [3.8, 4) is 0 Å². The van der Waals surface area contributed by atoms with E-state index < -0.39 is 30.2 Å². The van der Waals surface area contributed by atoms with Gasteiger partial charge in [0.2, 0.25) is 5.91 Å². The second-order valence-corrected chi connectivity index (χ2v) is 5.69. The molecule has 124 valence electrons. The van der Waals surface area contributed by atoms with Crippen molar-refractivity contribution >= 4 is 33.7 Å². The Hall–Kier alpha value is -2.54. The molecule has 0 saturated heterocycles. The number of rotatable bonds is 5. The number of esters is 1. The first-order valence-corrected chi connectivity index (χ1v) is 7.74. The lowest BCUT2D eigenvalue weighted by Gasteiger charge is -2.07. The van der Waals surface area contributed by atoms with Crippen LogP contribution in [-0.4, -0.2) is 24.4 Å². The minimum absolute atomic E-state index is 0.0457. The molecule has 0 aliphatic heterocycles. The molecule has 0 radical (unpaired) electrons. The van der Waals surface area contributed by atoms with Crippen LogP contribution < -0.4 is 5.32 Å². The molecule has 2 rings (SSSR count). The molecular weight excluding hydrogens is 381 g/mol. The van der Waals surface area contributed by atoms with E-state index in [9.17, 15) is 18.8 Å². The van der Waals surface area contributed by atoms with Gasteiger partial charge < -0.3 is 4.74 Å². The molecule has 0 spiro atoms. The summed E-state index contributed by atoms with van der Waals surface area (Å²) >= 11 is 3.04. The van der Waals surface area contributed by atoms with Gasteiger partial charge in [-0.3, -0.25) is 14.9 Å². The molecule has 7 heteroatoms. The topological polar surface area (TPSA) is 72.5 Å². The lowest BCUT2D eigenvalue weighted by Crippen LogP contribution is -2.35.